The minimum atomic E-state index is -0.726. The first kappa shape index (κ1) is 24.2. The summed E-state index contributed by atoms with van der Waals surface area (Å²) in [5.74, 6) is -1.53. The molecule has 0 saturated carbocycles. The highest BCUT2D eigenvalue weighted by Gasteiger charge is 2.27. The standard InChI is InChI=1S/C22H20Cl3FN4O2/c1-11(2)32-20-14(12(3)22(31)30-10-16-21(25)28-7-6-27-16)8-15(23)19(26)18(20)13-4-5-17(24)29-9-13/h4-9,11-12H,10H2,1-3H3,(H,30,31). The van der Waals surface area contributed by atoms with E-state index in [-0.39, 0.29) is 45.2 Å². The van der Waals surface area contributed by atoms with Crippen molar-refractivity contribution in [2.45, 2.75) is 39.3 Å². The van der Waals surface area contributed by atoms with E-state index in [1.807, 2.05) is 0 Å². The van der Waals surface area contributed by atoms with Crippen molar-refractivity contribution in [3.63, 3.8) is 0 Å². The van der Waals surface area contributed by atoms with Gasteiger partial charge in [0.15, 0.2) is 11.0 Å². The fourth-order valence-corrected chi connectivity index (χ4v) is 3.52. The van der Waals surface area contributed by atoms with Crippen molar-refractivity contribution in [1.29, 1.82) is 0 Å². The molecule has 0 fully saturated rings. The molecule has 0 aliphatic heterocycles. The number of amides is 1. The predicted octanol–water partition coefficient (Wildman–Crippen LogP) is 5.85. The quantitative estimate of drug-likeness (QED) is 0.415. The minimum Gasteiger partial charge on any atom is -0.490 e. The molecular formula is C22H20Cl3FN4O2. The van der Waals surface area contributed by atoms with E-state index in [9.17, 15) is 4.79 Å². The van der Waals surface area contributed by atoms with E-state index < -0.39 is 11.7 Å². The number of nitrogens with zero attached hydrogens (tertiary/aromatic N) is 3. The summed E-state index contributed by atoms with van der Waals surface area (Å²) in [7, 11) is 0. The van der Waals surface area contributed by atoms with E-state index in [2.05, 4.69) is 20.3 Å². The molecule has 2 heterocycles. The summed E-state index contributed by atoms with van der Waals surface area (Å²) in [4.78, 5) is 25.0. The lowest BCUT2D eigenvalue weighted by Gasteiger charge is -2.23. The van der Waals surface area contributed by atoms with Crippen LogP contribution >= 0.6 is 34.8 Å². The molecule has 1 amide bonds. The fraction of sp³-hybridized carbons (Fsp3) is 0.273. The van der Waals surface area contributed by atoms with Gasteiger partial charge in [0.1, 0.15) is 10.9 Å². The van der Waals surface area contributed by atoms with Crippen LogP contribution in [0.2, 0.25) is 15.3 Å². The third-order valence-corrected chi connectivity index (χ3v) is 5.40. The summed E-state index contributed by atoms with van der Waals surface area (Å²) in [5, 5.41) is 3.09. The first-order valence-corrected chi connectivity index (χ1v) is 10.9. The normalized spacial score (nSPS) is 12.0. The van der Waals surface area contributed by atoms with E-state index in [4.69, 9.17) is 39.5 Å². The van der Waals surface area contributed by atoms with E-state index in [0.717, 1.165) is 0 Å². The van der Waals surface area contributed by atoms with Crippen LogP contribution in [-0.4, -0.2) is 27.0 Å². The molecular weight excluding hydrogens is 478 g/mol. The van der Waals surface area contributed by atoms with Crippen LogP contribution in [0.3, 0.4) is 0 Å². The topological polar surface area (TPSA) is 77.0 Å². The van der Waals surface area contributed by atoms with Gasteiger partial charge < -0.3 is 10.1 Å². The van der Waals surface area contributed by atoms with Crippen molar-refractivity contribution >= 4 is 40.7 Å². The van der Waals surface area contributed by atoms with Gasteiger partial charge in [0.25, 0.3) is 0 Å². The minimum absolute atomic E-state index is 0.0824. The summed E-state index contributed by atoms with van der Waals surface area (Å²) in [6, 6.07) is 4.56. The summed E-state index contributed by atoms with van der Waals surface area (Å²) >= 11 is 18.1. The molecule has 32 heavy (non-hydrogen) atoms. The molecule has 2 aromatic heterocycles. The van der Waals surface area contributed by atoms with E-state index in [1.54, 1.807) is 26.8 Å². The molecule has 168 valence electrons. The van der Waals surface area contributed by atoms with Gasteiger partial charge in [-0.15, -0.1) is 0 Å². The molecule has 0 aliphatic rings. The van der Waals surface area contributed by atoms with Crippen LogP contribution in [0.15, 0.2) is 36.8 Å². The molecule has 1 atom stereocenters. The average Bonchev–Trinajstić information content (AvgIpc) is 2.75. The molecule has 0 aliphatic carbocycles. The van der Waals surface area contributed by atoms with Gasteiger partial charge in [0, 0.05) is 29.7 Å². The second-order valence-corrected chi connectivity index (χ2v) is 8.39. The van der Waals surface area contributed by atoms with Crippen LogP contribution in [0.1, 0.15) is 37.9 Å². The third-order valence-electron chi connectivity index (χ3n) is 4.58. The number of hydrogen-bond acceptors (Lipinski definition) is 5. The van der Waals surface area contributed by atoms with Crippen LogP contribution in [0, 0.1) is 5.82 Å². The van der Waals surface area contributed by atoms with Gasteiger partial charge in [-0.1, -0.05) is 34.8 Å². The highest BCUT2D eigenvalue weighted by molar-refractivity contribution is 6.31. The number of nitrogens with one attached hydrogen (secondary N) is 1. The van der Waals surface area contributed by atoms with Gasteiger partial charge >= 0.3 is 0 Å². The Hall–Kier alpha value is -2.48. The first-order valence-electron chi connectivity index (χ1n) is 9.72. The zero-order valence-electron chi connectivity index (χ0n) is 17.5. The maximum atomic E-state index is 15.2. The number of carbonyl (C=O) groups is 1. The second-order valence-electron chi connectivity index (χ2n) is 7.24. The monoisotopic (exact) mass is 496 g/mol. The number of rotatable bonds is 7. The lowest BCUT2D eigenvalue weighted by molar-refractivity contribution is -0.122. The molecule has 1 aromatic carbocycles. The first-order chi connectivity index (χ1) is 15.2. The molecule has 0 bridgehead atoms. The predicted molar refractivity (Wildman–Crippen MR) is 123 cm³/mol. The molecule has 3 aromatic rings. The number of hydrogen-bond donors (Lipinski definition) is 1. The summed E-state index contributed by atoms with van der Waals surface area (Å²) in [6.45, 7) is 5.37. The highest BCUT2D eigenvalue weighted by atomic mass is 35.5. The van der Waals surface area contributed by atoms with Crippen LogP contribution in [0.4, 0.5) is 4.39 Å². The molecule has 0 saturated heterocycles. The Morgan fingerprint density at radius 3 is 2.47 bits per heavy atom. The van der Waals surface area contributed by atoms with Crippen molar-refractivity contribution < 1.29 is 13.9 Å². The lowest BCUT2D eigenvalue weighted by atomic mass is 9.93. The van der Waals surface area contributed by atoms with Crippen LogP contribution in [0.25, 0.3) is 11.1 Å². The van der Waals surface area contributed by atoms with Gasteiger partial charge in [-0.2, -0.15) is 0 Å². The smallest absolute Gasteiger partial charge is 0.227 e. The van der Waals surface area contributed by atoms with Crippen molar-refractivity contribution in [2.24, 2.45) is 0 Å². The molecule has 0 radical (unpaired) electrons. The Bertz CT molecular complexity index is 1130. The van der Waals surface area contributed by atoms with Gasteiger partial charge in [-0.3, -0.25) is 9.78 Å². The van der Waals surface area contributed by atoms with Crippen molar-refractivity contribution in [2.75, 3.05) is 0 Å². The van der Waals surface area contributed by atoms with Crippen LogP contribution in [-0.2, 0) is 11.3 Å². The van der Waals surface area contributed by atoms with Gasteiger partial charge in [-0.25, -0.2) is 14.4 Å². The molecule has 0 spiro atoms. The van der Waals surface area contributed by atoms with Crippen molar-refractivity contribution in [3.8, 4) is 16.9 Å². The maximum absolute atomic E-state index is 15.2. The largest absolute Gasteiger partial charge is 0.490 e. The second kappa shape index (κ2) is 10.4. The average molecular weight is 498 g/mol. The van der Waals surface area contributed by atoms with E-state index in [0.29, 0.717) is 16.8 Å². The Morgan fingerprint density at radius 1 is 1.12 bits per heavy atom. The maximum Gasteiger partial charge on any atom is 0.227 e. The Labute approximate surface area is 200 Å². The lowest BCUT2D eigenvalue weighted by Crippen LogP contribution is -2.28. The Balaban J connectivity index is 2.01. The zero-order valence-corrected chi connectivity index (χ0v) is 19.8. The number of benzene rings is 1. The van der Waals surface area contributed by atoms with E-state index >= 15 is 4.39 Å². The molecule has 10 heteroatoms. The Morgan fingerprint density at radius 2 is 1.84 bits per heavy atom. The molecule has 1 unspecified atom stereocenters. The number of aromatic nitrogens is 3. The van der Waals surface area contributed by atoms with Crippen LogP contribution in [0.5, 0.6) is 5.75 Å². The number of ether oxygens (including phenoxy) is 1. The molecule has 3 rings (SSSR count). The third kappa shape index (κ3) is 5.46. The molecule has 1 N–H and O–H groups in total. The summed E-state index contributed by atoms with van der Waals surface area (Å²) in [6.07, 6.45) is 4.08. The number of halogens is 4. The van der Waals surface area contributed by atoms with E-state index in [1.165, 1.54) is 30.7 Å². The van der Waals surface area contributed by atoms with Crippen molar-refractivity contribution in [1.82, 2.24) is 20.3 Å². The number of pyridine rings is 1. The van der Waals surface area contributed by atoms with Gasteiger partial charge in [-0.05, 0) is 39.0 Å². The van der Waals surface area contributed by atoms with Crippen molar-refractivity contribution in [3.05, 3.63) is 69.2 Å². The van der Waals surface area contributed by atoms with Crippen LogP contribution < -0.4 is 10.1 Å². The summed E-state index contributed by atoms with van der Waals surface area (Å²) in [5.41, 5.74) is 1.39. The van der Waals surface area contributed by atoms with Gasteiger partial charge in [0.2, 0.25) is 5.91 Å². The fourth-order valence-electron chi connectivity index (χ4n) is 3.03. The zero-order chi connectivity index (χ0) is 23.4. The number of carbonyl (C=O) groups excluding carboxylic acids is 1. The van der Waals surface area contributed by atoms with Gasteiger partial charge in [0.05, 0.1) is 34.8 Å². The Kier molecular flexibility index (Phi) is 7.87. The summed E-state index contributed by atoms with van der Waals surface area (Å²) < 4.78 is 21.1. The SMILES string of the molecule is CC(C)Oc1c(C(C)C(=O)NCc2nccnc2Cl)cc(Cl)c(F)c1-c1ccc(Cl)nc1. The highest BCUT2D eigenvalue weighted by Crippen LogP contribution is 2.42. The molecule has 6 nitrogen and oxygen atoms in total.